The second-order valence-electron chi connectivity index (χ2n) is 5.12. The minimum absolute atomic E-state index is 0.0700. The largest absolute Gasteiger partial charge is 0.485 e. The summed E-state index contributed by atoms with van der Waals surface area (Å²) in [6, 6.07) is 9.94. The number of carbonyl (C=O) groups excluding carboxylic acids is 2. The van der Waals surface area contributed by atoms with Crippen LogP contribution in [-0.4, -0.2) is 31.2 Å². The summed E-state index contributed by atoms with van der Waals surface area (Å²) in [5, 5.41) is 2.01. The van der Waals surface area contributed by atoms with Gasteiger partial charge in [0.05, 0.1) is 0 Å². The van der Waals surface area contributed by atoms with Crippen molar-refractivity contribution in [1.29, 1.82) is 0 Å². The molecule has 130 valence electrons. The molecular weight excluding hydrogens is 336 g/mol. The van der Waals surface area contributed by atoms with Crippen molar-refractivity contribution in [2.75, 3.05) is 18.5 Å². The molecule has 1 atom stereocenters. The van der Waals surface area contributed by atoms with E-state index in [0.717, 1.165) is 12.1 Å². The van der Waals surface area contributed by atoms with Gasteiger partial charge in [-0.05, 0) is 24.3 Å². The third kappa shape index (κ3) is 3.85. The number of benzene rings is 2. The van der Waals surface area contributed by atoms with Crippen LogP contribution in [0.25, 0.3) is 0 Å². The van der Waals surface area contributed by atoms with Crippen LogP contribution in [0.4, 0.5) is 14.5 Å². The average Bonchev–Trinajstić information content (AvgIpc) is 2.62. The number of halogens is 2. The van der Waals surface area contributed by atoms with Gasteiger partial charge in [0.1, 0.15) is 23.9 Å². The number of amides is 1. The predicted molar refractivity (Wildman–Crippen MR) is 82.3 cm³/mol. The molecule has 0 bridgehead atoms. The summed E-state index contributed by atoms with van der Waals surface area (Å²) < 4.78 is 42.5. The first-order chi connectivity index (χ1) is 12.0. The van der Waals surface area contributed by atoms with Crippen molar-refractivity contribution in [2.24, 2.45) is 0 Å². The number of hydrogen-bond donors (Lipinski definition) is 1. The molecule has 1 amide bonds. The number of esters is 1. The summed E-state index contributed by atoms with van der Waals surface area (Å²) in [5.74, 6) is -2.68. The van der Waals surface area contributed by atoms with E-state index < -0.39 is 41.9 Å². The van der Waals surface area contributed by atoms with Crippen LogP contribution >= 0.6 is 0 Å². The number of hydrogen-bond acceptors (Lipinski definition) is 5. The van der Waals surface area contributed by atoms with E-state index in [-0.39, 0.29) is 6.61 Å². The lowest BCUT2D eigenvalue weighted by Crippen LogP contribution is -2.39. The number of rotatable bonds is 4. The number of ether oxygens (including phenoxy) is 3. The van der Waals surface area contributed by atoms with E-state index in [2.05, 4.69) is 0 Å². The molecule has 6 nitrogen and oxygen atoms in total. The normalized spacial score (nSPS) is 15.4. The highest BCUT2D eigenvalue weighted by molar-refractivity contribution is 5.93. The SMILES string of the molecule is O=C(COC(=O)[C@H]1COc2ccccc2O1)Nc1c(F)cccc1F. The first kappa shape index (κ1) is 16.7. The van der Waals surface area contributed by atoms with Crippen molar-refractivity contribution >= 4 is 17.6 Å². The summed E-state index contributed by atoms with van der Waals surface area (Å²) in [6.07, 6.45) is -1.03. The highest BCUT2D eigenvalue weighted by Gasteiger charge is 2.29. The summed E-state index contributed by atoms with van der Waals surface area (Å²) in [6.45, 7) is -0.784. The van der Waals surface area contributed by atoms with Crippen LogP contribution < -0.4 is 14.8 Å². The fourth-order valence-electron chi connectivity index (χ4n) is 2.16. The number of anilines is 1. The summed E-state index contributed by atoms with van der Waals surface area (Å²) in [7, 11) is 0. The number of nitrogens with one attached hydrogen (secondary N) is 1. The lowest BCUT2D eigenvalue weighted by molar-refractivity contribution is -0.156. The molecule has 8 heteroatoms. The lowest BCUT2D eigenvalue weighted by atomic mass is 10.2. The molecule has 0 aromatic heterocycles. The van der Waals surface area contributed by atoms with Gasteiger partial charge in [-0.1, -0.05) is 18.2 Å². The highest BCUT2D eigenvalue weighted by atomic mass is 19.1. The maximum absolute atomic E-state index is 13.4. The van der Waals surface area contributed by atoms with E-state index in [4.69, 9.17) is 14.2 Å². The zero-order valence-corrected chi connectivity index (χ0v) is 12.8. The van der Waals surface area contributed by atoms with Crippen LogP contribution in [0.15, 0.2) is 42.5 Å². The fraction of sp³-hybridized carbons (Fsp3) is 0.176. The standard InChI is InChI=1S/C17H13F2NO5/c18-10-4-3-5-11(19)16(10)20-15(21)9-24-17(22)14-8-23-12-6-1-2-7-13(12)25-14/h1-7,14H,8-9H2,(H,20,21)/t14-/m1/s1. The monoisotopic (exact) mass is 349 g/mol. The Morgan fingerprint density at radius 1 is 1.08 bits per heavy atom. The minimum atomic E-state index is -1.03. The third-order valence-electron chi connectivity index (χ3n) is 3.34. The Morgan fingerprint density at radius 3 is 2.48 bits per heavy atom. The molecule has 1 aliphatic heterocycles. The summed E-state index contributed by atoms with van der Waals surface area (Å²) >= 11 is 0. The van der Waals surface area contributed by atoms with E-state index in [9.17, 15) is 18.4 Å². The second-order valence-corrected chi connectivity index (χ2v) is 5.12. The topological polar surface area (TPSA) is 73.9 Å². The van der Waals surface area contributed by atoms with Crippen molar-refractivity contribution in [3.05, 3.63) is 54.1 Å². The van der Waals surface area contributed by atoms with Crippen LogP contribution in [0.3, 0.4) is 0 Å². The van der Waals surface area contributed by atoms with Gasteiger partial charge >= 0.3 is 5.97 Å². The highest BCUT2D eigenvalue weighted by Crippen LogP contribution is 2.31. The Bertz CT molecular complexity index is 791. The summed E-state index contributed by atoms with van der Waals surface area (Å²) in [5.41, 5.74) is -0.602. The molecule has 0 radical (unpaired) electrons. The van der Waals surface area contributed by atoms with Crippen molar-refractivity contribution < 1.29 is 32.6 Å². The number of carbonyl (C=O) groups is 2. The molecule has 0 unspecified atom stereocenters. The van der Waals surface area contributed by atoms with E-state index in [1.54, 1.807) is 24.3 Å². The zero-order valence-electron chi connectivity index (χ0n) is 12.8. The molecule has 0 aliphatic carbocycles. The first-order valence-electron chi connectivity index (χ1n) is 7.33. The zero-order chi connectivity index (χ0) is 17.8. The molecule has 0 saturated carbocycles. The third-order valence-corrected chi connectivity index (χ3v) is 3.34. The predicted octanol–water partition coefficient (Wildman–Crippen LogP) is 2.29. The van der Waals surface area contributed by atoms with Crippen molar-refractivity contribution in [2.45, 2.75) is 6.10 Å². The van der Waals surface area contributed by atoms with E-state index >= 15 is 0 Å². The average molecular weight is 349 g/mol. The number of fused-ring (bicyclic) bond motifs is 1. The molecule has 0 fully saturated rings. The lowest BCUT2D eigenvalue weighted by Gasteiger charge is -2.24. The second kappa shape index (κ2) is 7.16. The molecule has 1 N–H and O–H groups in total. The van der Waals surface area contributed by atoms with Crippen molar-refractivity contribution in [1.82, 2.24) is 0 Å². The molecule has 0 saturated heterocycles. The van der Waals surface area contributed by atoms with Crippen LogP contribution in [0.2, 0.25) is 0 Å². The molecule has 2 aromatic rings. The Labute approximate surface area is 141 Å². The van der Waals surface area contributed by atoms with E-state index in [1.165, 1.54) is 6.07 Å². The molecule has 1 aliphatic rings. The fourth-order valence-corrected chi connectivity index (χ4v) is 2.16. The molecule has 2 aromatic carbocycles. The van der Waals surface area contributed by atoms with Crippen molar-refractivity contribution in [3.63, 3.8) is 0 Å². The molecule has 1 heterocycles. The molecule has 3 rings (SSSR count). The summed E-state index contributed by atoms with van der Waals surface area (Å²) in [4.78, 5) is 23.7. The Kier molecular flexibility index (Phi) is 4.78. The van der Waals surface area contributed by atoms with Gasteiger partial charge in [0.2, 0.25) is 6.10 Å². The Morgan fingerprint density at radius 2 is 1.76 bits per heavy atom. The van der Waals surface area contributed by atoms with Crippen LogP contribution in [-0.2, 0) is 14.3 Å². The molecular formula is C17H13F2NO5. The van der Waals surface area contributed by atoms with E-state index in [1.807, 2.05) is 5.32 Å². The van der Waals surface area contributed by atoms with Gasteiger partial charge in [0.15, 0.2) is 18.1 Å². The van der Waals surface area contributed by atoms with Crippen molar-refractivity contribution in [3.8, 4) is 11.5 Å². The van der Waals surface area contributed by atoms with Gasteiger partial charge in [-0.25, -0.2) is 13.6 Å². The quantitative estimate of drug-likeness (QED) is 0.858. The van der Waals surface area contributed by atoms with E-state index in [0.29, 0.717) is 11.5 Å². The maximum atomic E-state index is 13.4. The van der Waals surface area contributed by atoms with Crippen LogP contribution in [0.5, 0.6) is 11.5 Å². The van der Waals surface area contributed by atoms with Gasteiger partial charge in [0.25, 0.3) is 5.91 Å². The Balaban J connectivity index is 1.53. The van der Waals surface area contributed by atoms with Gasteiger partial charge in [-0.3, -0.25) is 4.79 Å². The molecule has 0 spiro atoms. The smallest absolute Gasteiger partial charge is 0.351 e. The maximum Gasteiger partial charge on any atom is 0.351 e. The Hall–Kier alpha value is -3.16. The minimum Gasteiger partial charge on any atom is -0.485 e. The number of para-hydroxylation sites is 3. The van der Waals surface area contributed by atoms with Gasteiger partial charge in [0, 0.05) is 0 Å². The first-order valence-corrected chi connectivity index (χ1v) is 7.33. The van der Waals surface area contributed by atoms with Crippen LogP contribution in [0.1, 0.15) is 0 Å². The van der Waals surface area contributed by atoms with Crippen LogP contribution in [0, 0.1) is 11.6 Å². The molecule has 25 heavy (non-hydrogen) atoms. The van der Waals surface area contributed by atoms with Gasteiger partial charge < -0.3 is 19.5 Å². The van der Waals surface area contributed by atoms with Gasteiger partial charge in [-0.2, -0.15) is 0 Å². The van der Waals surface area contributed by atoms with Gasteiger partial charge in [-0.15, -0.1) is 0 Å².